The Kier molecular flexibility index (Phi) is 7.48. The third-order valence-electron chi connectivity index (χ3n) is 12.5. The molecule has 1 atom stereocenters. The molecule has 2 nitrogen and oxygen atoms in total. The van der Waals surface area contributed by atoms with E-state index in [1.807, 2.05) is 11.3 Å². The van der Waals surface area contributed by atoms with Gasteiger partial charge in [-0.3, -0.25) is 0 Å². The Labute approximate surface area is 341 Å². The minimum atomic E-state index is -0.440. The van der Waals surface area contributed by atoms with Crippen molar-refractivity contribution in [3.63, 3.8) is 0 Å². The predicted octanol–water partition coefficient (Wildman–Crippen LogP) is 15.1. The summed E-state index contributed by atoms with van der Waals surface area (Å²) in [5.41, 5.74) is 14.7. The SMILES string of the molecule is C1=C2C(=CCC1)C(c1ccccc1)(c1cccc3sc4ccc(N(c5ccccc5)c5ccc6c(c5)c5ccccc5n6-c5ccccc5)cc4c13)c1ccccc12. The van der Waals surface area contributed by atoms with Crippen LogP contribution in [-0.4, -0.2) is 4.57 Å². The first-order chi connectivity index (χ1) is 28.8. The Morgan fingerprint density at radius 1 is 0.466 bits per heavy atom. The maximum Gasteiger partial charge on any atom is 0.0716 e. The van der Waals surface area contributed by atoms with Crippen molar-refractivity contribution in [2.45, 2.75) is 18.3 Å². The zero-order valence-electron chi connectivity index (χ0n) is 31.8. The molecule has 0 saturated heterocycles. The Hall–Kier alpha value is -6.94. The maximum atomic E-state index is 2.53. The number of aromatic nitrogens is 1. The number of fused-ring (bicyclic) bond motifs is 9. The lowest BCUT2D eigenvalue weighted by Gasteiger charge is -2.35. The third kappa shape index (κ3) is 4.77. The molecule has 2 aromatic heterocycles. The number of allylic oxidation sites excluding steroid dienone is 4. The van der Waals surface area contributed by atoms with Crippen LogP contribution in [0.3, 0.4) is 0 Å². The number of hydrogen-bond acceptors (Lipinski definition) is 2. The summed E-state index contributed by atoms with van der Waals surface area (Å²) < 4.78 is 4.99. The van der Waals surface area contributed by atoms with Gasteiger partial charge in [-0.2, -0.15) is 0 Å². The first kappa shape index (κ1) is 33.2. The first-order valence-corrected chi connectivity index (χ1v) is 21.1. The Morgan fingerprint density at radius 3 is 1.97 bits per heavy atom. The topological polar surface area (TPSA) is 8.17 Å². The summed E-state index contributed by atoms with van der Waals surface area (Å²) in [5.74, 6) is 0. The number of hydrogen-bond donors (Lipinski definition) is 0. The molecule has 0 bridgehead atoms. The summed E-state index contributed by atoms with van der Waals surface area (Å²) in [7, 11) is 0. The molecule has 274 valence electrons. The zero-order chi connectivity index (χ0) is 38.2. The van der Waals surface area contributed by atoms with Crippen molar-refractivity contribution in [2.24, 2.45) is 0 Å². The van der Waals surface area contributed by atoms with Crippen LogP contribution in [0.25, 0.3) is 53.2 Å². The number of benzene rings is 8. The number of thiophene rings is 1. The highest BCUT2D eigenvalue weighted by Crippen LogP contribution is 2.60. The minimum absolute atomic E-state index is 0.440. The summed E-state index contributed by atoms with van der Waals surface area (Å²) in [6.45, 7) is 0. The van der Waals surface area contributed by atoms with Crippen LogP contribution in [0.1, 0.15) is 35.1 Å². The van der Waals surface area contributed by atoms with Crippen molar-refractivity contribution in [3.8, 4) is 5.69 Å². The number of para-hydroxylation sites is 3. The smallest absolute Gasteiger partial charge is 0.0716 e. The minimum Gasteiger partial charge on any atom is -0.310 e. The van der Waals surface area contributed by atoms with Crippen LogP contribution < -0.4 is 4.90 Å². The molecule has 8 aromatic carbocycles. The summed E-state index contributed by atoms with van der Waals surface area (Å²) in [6.07, 6.45) is 7.13. The van der Waals surface area contributed by atoms with Gasteiger partial charge in [-0.25, -0.2) is 0 Å². The Bertz CT molecular complexity index is 3280. The standard InChI is InChI=1S/C55H38N2S/c1-4-17-37(18-5-1)55(47-26-13-10-23-42(47)43-24-11-14-27-48(43)55)49-28-16-30-53-54(49)46-36-41(32-34-52(46)58-53)56(38-19-6-2-7-20-38)40-31-33-51-45(35-40)44-25-12-15-29-50(44)57(51)39-21-8-3-9-22-39/h1-10,12-13,15-36H,11,14H2. The van der Waals surface area contributed by atoms with Gasteiger partial charge < -0.3 is 9.47 Å². The monoisotopic (exact) mass is 758 g/mol. The van der Waals surface area contributed by atoms with Gasteiger partial charge in [-0.15, -0.1) is 11.3 Å². The fourth-order valence-corrected chi connectivity index (χ4v) is 11.3. The second kappa shape index (κ2) is 13.1. The van der Waals surface area contributed by atoms with E-state index >= 15 is 0 Å². The maximum absolute atomic E-state index is 2.53. The number of rotatable bonds is 6. The first-order valence-electron chi connectivity index (χ1n) is 20.3. The van der Waals surface area contributed by atoms with Crippen LogP contribution >= 0.6 is 11.3 Å². The molecule has 2 heterocycles. The van der Waals surface area contributed by atoms with Crippen molar-refractivity contribution in [1.82, 2.24) is 4.57 Å². The highest BCUT2D eigenvalue weighted by molar-refractivity contribution is 7.25. The van der Waals surface area contributed by atoms with Crippen LogP contribution in [0.15, 0.2) is 212 Å². The second-order valence-electron chi connectivity index (χ2n) is 15.5. The molecule has 0 spiro atoms. The quantitative estimate of drug-likeness (QED) is 0.164. The summed E-state index contributed by atoms with van der Waals surface area (Å²) >= 11 is 1.90. The molecule has 3 heteroatoms. The molecule has 12 rings (SSSR count). The van der Waals surface area contributed by atoms with Gasteiger partial charge in [0.25, 0.3) is 0 Å². The van der Waals surface area contributed by atoms with E-state index in [1.165, 1.54) is 75.4 Å². The molecule has 0 N–H and O–H groups in total. The van der Waals surface area contributed by atoms with Crippen LogP contribution in [0.2, 0.25) is 0 Å². The number of nitrogens with zero attached hydrogens (tertiary/aromatic N) is 2. The lowest BCUT2D eigenvalue weighted by Crippen LogP contribution is -2.29. The Balaban J connectivity index is 1.11. The molecule has 2 aliphatic rings. The van der Waals surface area contributed by atoms with Crippen LogP contribution in [0, 0.1) is 0 Å². The van der Waals surface area contributed by atoms with Crippen molar-refractivity contribution < 1.29 is 0 Å². The molecule has 0 aliphatic heterocycles. The van der Waals surface area contributed by atoms with E-state index < -0.39 is 5.41 Å². The predicted molar refractivity (Wildman–Crippen MR) is 246 cm³/mol. The van der Waals surface area contributed by atoms with E-state index in [4.69, 9.17) is 0 Å². The lowest BCUT2D eigenvalue weighted by atomic mass is 9.66. The molecule has 0 amide bonds. The summed E-state index contributed by atoms with van der Waals surface area (Å²) in [4.78, 5) is 2.43. The van der Waals surface area contributed by atoms with Crippen molar-refractivity contribution in [3.05, 3.63) is 234 Å². The van der Waals surface area contributed by atoms with Gasteiger partial charge in [-0.1, -0.05) is 133 Å². The van der Waals surface area contributed by atoms with Gasteiger partial charge in [0, 0.05) is 53.7 Å². The fourth-order valence-electron chi connectivity index (χ4n) is 10.2. The molecular weight excluding hydrogens is 721 g/mol. The molecule has 58 heavy (non-hydrogen) atoms. The van der Waals surface area contributed by atoms with Crippen LogP contribution in [0.5, 0.6) is 0 Å². The highest BCUT2D eigenvalue weighted by Gasteiger charge is 2.49. The van der Waals surface area contributed by atoms with E-state index in [0.717, 1.165) is 35.6 Å². The van der Waals surface area contributed by atoms with Crippen molar-refractivity contribution in [1.29, 1.82) is 0 Å². The average Bonchev–Trinajstić information content (AvgIpc) is 3.94. The summed E-state index contributed by atoms with van der Waals surface area (Å²) in [6, 6.07) is 71.8. The van der Waals surface area contributed by atoms with Gasteiger partial charge in [0.05, 0.1) is 16.4 Å². The van der Waals surface area contributed by atoms with Crippen LogP contribution in [-0.2, 0) is 5.41 Å². The van der Waals surface area contributed by atoms with Gasteiger partial charge in [0.15, 0.2) is 0 Å². The van der Waals surface area contributed by atoms with E-state index in [1.54, 1.807) is 0 Å². The third-order valence-corrected chi connectivity index (χ3v) is 13.6. The molecule has 2 aliphatic carbocycles. The average molecular weight is 759 g/mol. The van der Waals surface area contributed by atoms with Gasteiger partial charge in [0.2, 0.25) is 0 Å². The molecule has 0 radical (unpaired) electrons. The molecular formula is C55H38N2S. The van der Waals surface area contributed by atoms with E-state index in [9.17, 15) is 0 Å². The van der Waals surface area contributed by atoms with E-state index in [0.29, 0.717) is 0 Å². The van der Waals surface area contributed by atoms with Gasteiger partial charge >= 0.3 is 0 Å². The second-order valence-corrected chi connectivity index (χ2v) is 16.6. The van der Waals surface area contributed by atoms with Gasteiger partial charge in [-0.05, 0) is 119 Å². The fraction of sp³-hybridized carbons (Fsp3) is 0.0545. The normalized spacial score (nSPS) is 16.1. The van der Waals surface area contributed by atoms with Gasteiger partial charge in [0.1, 0.15) is 0 Å². The van der Waals surface area contributed by atoms with E-state index in [-0.39, 0.29) is 0 Å². The largest absolute Gasteiger partial charge is 0.310 e. The molecule has 0 saturated carbocycles. The zero-order valence-corrected chi connectivity index (χ0v) is 32.7. The van der Waals surface area contributed by atoms with Crippen molar-refractivity contribution >= 4 is 76.0 Å². The summed E-state index contributed by atoms with van der Waals surface area (Å²) in [5, 5.41) is 5.10. The molecule has 0 fully saturated rings. The highest BCUT2D eigenvalue weighted by atomic mass is 32.1. The van der Waals surface area contributed by atoms with Crippen LogP contribution in [0.4, 0.5) is 17.1 Å². The molecule has 10 aromatic rings. The number of anilines is 3. The Morgan fingerprint density at radius 2 is 1.12 bits per heavy atom. The molecule has 1 unspecified atom stereocenters. The lowest BCUT2D eigenvalue weighted by molar-refractivity contribution is 0.767. The van der Waals surface area contributed by atoms with E-state index in [2.05, 4.69) is 216 Å². The van der Waals surface area contributed by atoms with Crippen molar-refractivity contribution in [2.75, 3.05) is 4.90 Å².